The molecule has 1 atom stereocenters. The lowest BCUT2D eigenvalue weighted by atomic mass is 9.95. The maximum Gasteiger partial charge on any atom is 0.173 e. The number of hydrogen-bond acceptors (Lipinski definition) is 5. The van der Waals surface area contributed by atoms with Crippen LogP contribution in [0.5, 0.6) is 0 Å². The van der Waals surface area contributed by atoms with Gasteiger partial charge in [-0.25, -0.2) is 13.5 Å². The summed E-state index contributed by atoms with van der Waals surface area (Å²) in [5.41, 5.74) is 1.82. The minimum absolute atomic E-state index is 0.234. The van der Waals surface area contributed by atoms with Crippen molar-refractivity contribution in [1.29, 1.82) is 0 Å². The zero-order chi connectivity index (χ0) is 23.3. The number of rotatable bonds is 8. The van der Waals surface area contributed by atoms with Crippen LogP contribution in [0.25, 0.3) is 0 Å². The van der Waals surface area contributed by atoms with E-state index in [0.717, 1.165) is 42.6 Å². The second-order valence-electron chi connectivity index (χ2n) is 8.84. The number of hydrogen-bond donors (Lipinski definition) is 0. The van der Waals surface area contributed by atoms with Crippen LogP contribution in [0.1, 0.15) is 66.9 Å². The summed E-state index contributed by atoms with van der Waals surface area (Å²) in [6.45, 7) is 0.977. The minimum Gasteiger partial charge on any atom is -0.468 e. The minimum atomic E-state index is -0.354. The largest absolute Gasteiger partial charge is 0.468 e. The van der Waals surface area contributed by atoms with E-state index in [4.69, 9.17) is 4.42 Å². The normalized spacial score (nSPS) is 15.6. The molecule has 4 aromatic rings. The van der Waals surface area contributed by atoms with Crippen molar-refractivity contribution in [1.82, 2.24) is 25.1 Å². The van der Waals surface area contributed by atoms with Crippen LogP contribution < -0.4 is 0 Å². The van der Waals surface area contributed by atoms with E-state index in [2.05, 4.69) is 20.4 Å². The van der Waals surface area contributed by atoms with E-state index in [-0.39, 0.29) is 23.7 Å². The fourth-order valence-corrected chi connectivity index (χ4v) is 4.80. The molecule has 6 nitrogen and oxygen atoms in total. The Bertz CT molecular complexity index is 1170. The molecule has 0 aliphatic heterocycles. The lowest BCUT2D eigenvalue weighted by molar-refractivity contribution is 0.174. The lowest BCUT2D eigenvalue weighted by Crippen LogP contribution is -2.32. The molecule has 2 aromatic heterocycles. The van der Waals surface area contributed by atoms with Gasteiger partial charge in [-0.15, -0.1) is 5.10 Å². The van der Waals surface area contributed by atoms with Crippen molar-refractivity contribution in [2.45, 2.75) is 57.3 Å². The van der Waals surface area contributed by atoms with Gasteiger partial charge in [0.2, 0.25) is 0 Å². The third kappa shape index (κ3) is 5.07. The number of nitrogens with zero attached hydrogens (tertiary/aromatic N) is 5. The second kappa shape index (κ2) is 10.3. The number of aromatic nitrogens is 4. The Balaban J connectivity index is 1.58. The Kier molecular flexibility index (Phi) is 6.76. The van der Waals surface area contributed by atoms with E-state index in [1.807, 2.05) is 16.8 Å². The van der Waals surface area contributed by atoms with Crippen LogP contribution in [-0.2, 0) is 13.1 Å². The molecule has 1 aliphatic carbocycles. The van der Waals surface area contributed by atoms with Crippen LogP contribution in [0.4, 0.5) is 8.78 Å². The van der Waals surface area contributed by atoms with E-state index >= 15 is 0 Å². The Morgan fingerprint density at radius 3 is 2.29 bits per heavy atom. The Hall–Kier alpha value is -3.39. The first-order chi connectivity index (χ1) is 16.7. The molecule has 1 fully saturated rings. The molecule has 5 rings (SSSR count). The van der Waals surface area contributed by atoms with Gasteiger partial charge in [0.15, 0.2) is 5.82 Å². The highest BCUT2D eigenvalue weighted by Gasteiger charge is 2.31. The van der Waals surface area contributed by atoms with E-state index in [1.54, 1.807) is 30.5 Å². The summed E-state index contributed by atoms with van der Waals surface area (Å²) in [7, 11) is 0. The molecule has 176 valence electrons. The fraction of sp³-hybridized carbons (Fsp3) is 0.346. The van der Waals surface area contributed by atoms with Crippen molar-refractivity contribution < 1.29 is 13.2 Å². The van der Waals surface area contributed by atoms with Crippen molar-refractivity contribution >= 4 is 0 Å². The number of furan rings is 1. The SMILES string of the molecule is Fc1ccc(CN(Cc2ccco2)[C@H](c2ccc(F)cc2)c2nnnn2C2CCCCC2)cc1. The molecule has 1 saturated carbocycles. The van der Waals surface area contributed by atoms with Crippen molar-refractivity contribution in [2.24, 2.45) is 0 Å². The Labute approximate surface area is 197 Å². The molecule has 2 heterocycles. The quantitative estimate of drug-likeness (QED) is 0.328. The first-order valence-electron chi connectivity index (χ1n) is 11.7. The van der Waals surface area contributed by atoms with Crippen LogP contribution in [-0.4, -0.2) is 25.1 Å². The molecule has 0 amide bonds. The predicted molar refractivity (Wildman–Crippen MR) is 123 cm³/mol. The van der Waals surface area contributed by atoms with Gasteiger partial charge in [-0.2, -0.15) is 0 Å². The van der Waals surface area contributed by atoms with Gasteiger partial charge in [-0.1, -0.05) is 43.5 Å². The summed E-state index contributed by atoms with van der Waals surface area (Å²) in [6, 6.07) is 16.6. The molecule has 0 radical (unpaired) electrons. The number of halogens is 2. The molecular weight excluding hydrogens is 436 g/mol. The molecule has 34 heavy (non-hydrogen) atoms. The molecule has 0 N–H and O–H groups in total. The zero-order valence-electron chi connectivity index (χ0n) is 18.9. The first-order valence-corrected chi connectivity index (χ1v) is 11.7. The average molecular weight is 464 g/mol. The molecule has 0 unspecified atom stereocenters. The standard InChI is InChI=1S/C26H27F2N5O/c27-21-12-8-19(9-13-21)17-32(18-24-7-4-16-34-24)25(20-10-14-22(28)15-11-20)26-29-30-31-33(26)23-5-2-1-3-6-23/h4,7-16,23,25H,1-3,5-6,17-18H2/t25-/m1/s1. The average Bonchev–Trinajstić information content (AvgIpc) is 3.55. The maximum atomic E-state index is 13.8. The van der Waals surface area contributed by atoms with Crippen LogP contribution in [0.2, 0.25) is 0 Å². The summed E-state index contributed by atoms with van der Waals surface area (Å²) in [6.07, 6.45) is 7.23. The van der Waals surface area contributed by atoms with Crippen LogP contribution in [0, 0.1) is 11.6 Å². The summed E-state index contributed by atoms with van der Waals surface area (Å²) >= 11 is 0. The van der Waals surface area contributed by atoms with Gasteiger partial charge in [-0.05, 0) is 70.8 Å². The van der Waals surface area contributed by atoms with Crippen molar-refractivity contribution in [3.8, 4) is 0 Å². The molecule has 2 aromatic carbocycles. The van der Waals surface area contributed by atoms with Crippen molar-refractivity contribution in [3.05, 3.63) is 101 Å². The lowest BCUT2D eigenvalue weighted by Gasteiger charge is -2.32. The smallest absolute Gasteiger partial charge is 0.173 e. The number of benzene rings is 2. The summed E-state index contributed by atoms with van der Waals surface area (Å²) in [5.74, 6) is 0.918. The van der Waals surface area contributed by atoms with Gasteiger partial charge in [0, 0.05) is 6.54 Å². The molecular formula is C26H27F2N5O. The molecule has 1 aliphatic rings. The highest BCUT2D eigenvalue weighted by molar-refractivity contribution is 5.27. The van der Waals surface area contributed by atoms with Gasteiger partial charge in [0.1, 0.15) is 17.4 Å². The third-order valence-corrected chi connectivity index (χ3v) is 6.47. The van der Waals surface area contributed by atoms with Crippen molar-refractivity contribution in [2.75, 3.05) is 0 Å². The van der Waals surface area contributed by atoms with Crippen LogP contribution in [0.3, 0.4) is 0 Å². The molecule has 0 spiro atoms. The topological polar surface area (TPSA) is 60.0 Å². The summed E-state index contributed by atoms with van der Waals surface area (Å²) < 4.78 is 35.0. The van der Waals surface area contributed by atoms with E-state index in [9.17, 15) is 8.78 Å². The van der Waals surface area contributed by atoms with E-state index in [0.29, 0.717) is 18.9 Å². The van der Waals surface area contributed by atoms with Gasteiger partial charge < -0.3 is 4.42 Å². The van der Waals surface area contributed by atoms with E-state index < -0.39 is 0 Å². The van der Waals surface area contributed by atoms with Gasteiger partial charge in [-0.3, -0.25) is 4.90 Å². The number of tetrazole rings is 1. The highest BCUT2D eigenvalue weighted by Crippen LogP contribution is 2.35. The predicted octanol–water partition coefficient (Wildman–Crippen LogP) is 5.84. The summed E-state index contributed by atoms with van der Waals surface area (Å²) in [4.78, 5) is 2.18. The van der Waals surface area contributed by atoms with Gasteiger partial charge in [0.05, 0.1) is 24.9 Å². The Morgan fingerprint density at radius 2 is 1.62 bits per heavy atom. The molecule has 0 bridgehead atoms. The Morgan fingerprint density at radius 1 is 0.912 bits per heavy atom. The second-order valence-corrected chi connectivity index (χ2v) is 8.84. The molecule has 0 saturated heterocycles. The van der Waals surface area contributed by atoms with Crippen LogP contribution in [0.15, 0.2) is 71.3 Å². The van der Waals surface area contributed by atoms with Gasteiger partial charge in [0.25, 0.3) is 0 Å². The van der Waals surface area contributed by atoms with Crippen LogP contribution >= 0.6 is 0 Å². The zero-order valence-corrected chi connectivity index (χ0v) is 18.9. The van der Waals surface area contributed by atoms with Crippen molar-refractivity contribution in [3.63, 3.8) is 0 Å². The monoisotopic (exact) mass is 463 g/mol. The first kappa shape index (κ1) is 22.4. The third-order valence-electron chi connectivity index (χ3n) is 6.47. The van der Waals surface area contributed by atoms with Gasteiger partial charge >= 0.3 is 0 Å². The highest BCUT2D eigenvalue weighted by atomic mass is 19.1. The maximum absolute atomic E-state index is 13.8. The molecule has 8 heteroatoms. The fourth-order valence-electron chi connectivity index (χ4n) is 4.80. The summed E-state index contributed by atoms with van der Waals surface area (Å²) in [5, 5.41) is 12.9. The van der Waals surface area contributed by atoms with E-state index in [1.165, 1.54) is 30.7 Å².